The van der Waals surface area contributed by atoms with E-state index in [1.54, 1.807) is 18.3 Å². The molecule has 4 aromatic rings. The van der Waals surface area contributed by atoms with Crippen LogP contribution in [-0.2, 0) is 6.54 Å². The number of halogens is 2. The molecular formula is C21H16Cl2N4S. The van der Waals surface area contributed by atoms with Crippen LogP contribution in [0, 0.1) is 0 Å². The summed E-state index contributed by atoms with van der Waals surface area (Å²) in [7, 11) is 0. The van der Waals surface area contributed by atoms with Crippen molar-refractivity contribution in [3.05, 3.63) is 88.7 Å². The molecule has 4 rings (SSSR count). The summed E-state index contributed by atoms with van der Waals surface area (Å²) in [5.74, 6) is 0. The highest BCUT2D eigenvalue weighted by atomic mass is 35.5. The molecule has 1 heterocycles. The first-order chi connectivity index (χ1) is 13.6. The Morgan fingerprint density at radius 3 is 2.57 bits per heavy atom. The van der Waals surface area contributed by atoms with Crippen molar-refractivity contribution >= 4 is 62.7 Å². The summed E-state index contributed by atoms with van der Waals surface area (Å²) < 4.78 is 1.88. The molecule has 4 nitrogen and oxygen atoms in total. The van der Waals surface area contributed by atoms with E-state index in [-0.39, 0.29) is 0 Å². The summed E-state index contributed by atoms with van der Waals surface area (Å²) >= 11 is 17.3. The number of aromatic nitrogens is 2. The van der Waals surface area contributed by atoms with Crippen LogP contribution >= 0.6 is 35.4 Å². The first-order valence-corrected chi connectivity index (χ1v) is 9.77. The second-order valence-corrected chi connectivity index (χ2v) is 7.50. The third kappa shape index (κ3) is 4.28. The zero-order valence-corrected chi connectivity index (χ0v) is 17.0. The summed E-state index contributed by atoms with van der Waals surface area (Å²) in [6, 6.07) is 19.9. The summed E-state index contributed by atoms with van der Waals surface area (Å²) in [4.78, 5) is 0. The summed E-state index contributed by atoms with van der Waals surface area (Å²) in [5, 5.41) is 14.5. The van der Waals surface area contributed by atoms with Gasteiger partial charge in [0.05, 0.1) is 28.5 Å². The van der Waals surface area contributed by atoms with Crippen molar-refractivity contribution < 1.29 is 0 Å². The highest BCUT2D eigenvalue weighted by Crippen LogP contribution is 2.25. The van der Waals surface area contributed by atoms with E-state index >= 15 is 0 Å². The molecule has 0 amide bonds. The van der Waals surface area contributed by atoms with Crippen molar-refractivity contribution in [2.24, 2.45) is 0 Å². The standard InChI is InChI=1S/C21H16Cl2N4S/c22-19-9-8-16(10-20(19)23)25-21(28)26-17-11-24-27(13-17)12-15-6-3-5-14-4-1-2-7-18(14)15/h1-11,13H,12H2,(H2,25,26,28). The van der Waals surface area contributed by atoms with Gasteiger partial charge in [-0.15, -0.1) is 0 Å². The van der Waals surface area contributed by atoms with Crippen molar-refractivity contribution in [2.75, 3.05) is 10.6 Å². The van der Waals surface area contributed by atoms with E-state index in [1.165, 1.54) is 16.3 Å². The molecule has 0 radical (unpaired) electrons. The lowest BCUT2D eigenvalue weighted by atomic mass is 10.0. The predicted octanol–water partition coefficient (Wildman–Crippen LogP) is 6.20. The molecule has 7 heteroatoms. The molecule has 0 fully saturated rings. The van der Waals surface area contributed by atoms with Crippen LogP contribution in [0.3, 0.4) is 0 Å². The van der Waals surface area contributed by atoms with E-state index in [2.05, 4.69) is 52.1 Å². The lowest BCUT2D eigenvalue weighted by Crippen LogP contribution is -2.18. The molecule has 0 unspecified atom stereocenters. The normalized spacial score (nSPS) is 10.8. The van der Waals surface area contributed by atoms with Crippen LogP contribution in [0.1, 0.15) is 5.56 Å². The molecule has 0 aliphatic heterocycles. The van der Waals surface area contributed by atoms with Crippen LogP contribution in [0.2, 0.25) is 10.0 Å². The molecule has 3 aromatic carbocycles. The van der Waals surface area contributed by atoms with E-state index in [0.29, 0.717) is 21.7 Å². The summed E-state index contributed by atoms with van der Waals surface area (Å²) in [6.07, 6.45) is 3.67. The number of nitrogens with one attached hydrogen (secondary N) is 2. The van der Waals surface area contributed by atoms with Crippen molar-refractivity contribution in [1.82, 2.24) is 9.78 Å². The number of anilines is 2. The first kappa shape index (κ1) is 18.7. The smallest absolute Gasteiger partial charge is 0.175 e. The van der Waals surface area contributed by atoms with E-state index in [1.807, 2.05) is 23.0 Å². The van der Waals surface area contributed by atoms with Crippen LogP contribution in [-0.4, -0.2) is 14.9 Å². The molecule has 0 aliphatic carbocycles. The minimum Gasteiger partial charge on any atom is -0.332 e. The zero-order chi connectivity index (χ0) is 19.5. The molecule has 0 bridgehead atoms. The lowest BCUT2D eigenvalue weighted by Gasteiger charge is -2.09. The number of fused-ring (bicyclic) bond motifs is 1. The first-order valence-electron chi connectivity index (χ1n) is 8.61. The van der Waals surface area contributed by atoms with Crippen LogP contribution in [0.5, 0.6) is 0 Å². The topological polar surface area (TPSA) is 41.9 Å². The molecule has 28 heavy (non-hydrogen) atoms. The fourth-order valence-electron chi connectivity index (χ4n) is 2.99. The molecule has 0 aliphatic rings. The lowest BCUT2D eigenvalue weighted by molar-refractivity contribution is 0.690. The largest absolute Gasteiger partial charge is 0.332 e. The van der Waals surface area contributed by atoms with E-state index in [9.17, 15) is 0 Å². The van der Waals surface area contributed by atoms with Crippen molar-refractivity contribution in [1.29, 1.82) is 0 Å². The highest BCUT2D eigenvalue weighted by Gasteiger charge is 2.06. The maximum Gasteiger partial charge on any atom is 0.175 e. The van der Waals surface area contributed by atoms with Crippen molar-refractivity contribution in [3.8, 4) is 0 Å². The van der Waals surface area contributed by atoms with Gasteiger partial charge in [-0.3, -0.25) is 4.68 Å². The van der Waals surface area contributed by atoms with Gasteiger partial charge in [0.15, 0.2) is 5.11 Å². The Morgan fingerprint density at radius 2 is 1.71 bits per heavy atom. The average Bonchev–Trinajstić information content (AvgIpc) is 3.12. The fraction of sp³-hybridized carbons (Fsp3) is 0.0476. The molecule has 0 saturated carbocycles. The Hall–Kier alpha value is -2.60. The number of hydrogen-bond acceptors (Lipinski definition) is 2. The average molecular weight is 427 g/mol. The van der Waals surface area contributed by atoms with E-state index < -0.39 is 0 Å². The fourth-order valence-corrected chi connectivity index (χ4v) is 3.52. The Balaban J connectivity index is 1.44. The molecule has 0 saturated heterocycles. The summed E-state index contributed by atoms with van der Waals surface area (Å²) in [6.45, 7) is 0.677. The van der Waals surface area contributed by atoms with E-state index in [4.69, 9.17) is 35.4 Å². The molecule has 140 valence electrons. The predicted molar refractivity (Wildman–Crippen MR) is 122 cm³/mol. The van der Waals surface area contributed by atoms with Gasteiger partial charge < -0.3 is 10.6 Å². The quantitative estimate of drug-likeness (QED) is 0.381. The van der Waals surface area contributed by atoms with Crippen LogP contribution < -0.4 is 10.6 Å². The Morgan fingerprint density at radius 1 is 0.929 bits per heavy atom. The van der Waals surface area contributed by atoms with Gasteiger partial charge >= 0.3 is 0 Å². The zero-order valence-electron chi connectivity index (χ0n) is 14.7. The van der Waals surface area contributed by atoms with Crippen molar-refractivity contribution in [3.63, 3.8) is 0 Å². The number of thiocarbonyl (C=S) groups is 1. The van der Waals surface area contributed by atoms with Gasteiger partial charge in [0, 0.05) is 11.9 Å². The molecule has 2 N–H and O–H groups in total. The molecule has 0 atom stereocenters. The second-order valence-electron chi connectivity index (χ2n) is 6.27. The maximum absolute atomic E-state index is 6.03. The minimum atomic E-state index is 0.447. The monoisotopic (exact) mass is 426 g/mol. The Bertz CT molecular complexity index is 1150. The van der Waals surface area contributed by atoms with Gasteiger partial charge in [-0.2, -0.15) is 5.10 Å². The third-order valence-electron chi connectivity index (χ3n) is 4.28. The van der Waals surface area contributed by atoms with E-state index in [0.717, 1.165) is 11.4 Å². The van der Waals surface area contributed by atoms with Gasteiger partial charge in [0.25, 0.3) is 0 Å². The van der Waals surface area contributed by atoms with Crippen molar-refractivity contribution in [2.45, 2.75) is 6.54 Å². The van der Waals surface area contributed by atoms with Gasteiger partial charge in [-0.25, -0.2) is 0 Å². The number of benzene rings is 3. The number of hydrogen-bond donors (Lipinski definition) is 2. The highest BCUT2D eigenvalue weighted by molar-refractivity contribution is 7.80. The molecule has 0 spiro atoms. The van der Waals surface area contributed by atoms with Gasteiger partial charge in [-0.05, 0) is 46.8 Å². The van der Waals surface area contributed by atoms with Crippen LogP contribution in [0.4, 0.5) is 11.4 Å². The number of rotatable bonds is 4. The summed E-state index contributed by atoms with van der Waals surface area (Å²) in [5.41, 5.74) is 2.78. The van der Waals surface area contributed by atoms with Crippen LogP contribution in [0.25, 0.3) is 10.8 Å². The molecular weight excluding hydrogens is 411 g/mol. The SMILES string of the molecule is S=C(Nc1ccc(Cl)c(Cl)c1)Nc1cnn(Cc2cccc3ccccc23)c1. The third-order valence-corrected chi connectivity index (χ3v) is 5.22. The maximum atomic E-state index is 6.03. The van der Waals surface area contributed by atoms with Gasteiger partial charge in [-0.1, -0.05) is 65.7 Å². The minimum absolute atomic E-state index is 0.447. The second kappa shape index (κ2) is 8.19. The van der Waals surface area contributed by atoms with Crippen LogP contribution in [0.15, 0.2) is 73.1 Å². The van der Waals surface area contributed by atoms with Gasteiger partial charge in [0.2, 0.25) is 0 Å². The Labute approximate surface area is 178 Å². The number of nitrogens with zero attached hydrogens (tertiary/aromatic N) is 2. The molecule has 1 aromatic heterocycles. The Kier molecular flexibility index (Phi) is 5.48. The van der Waals surface area contributed by atoms with Gasteiger partial charge in [0.1, 0.15) is 0 Å².